The van der Waals surface area contributed by atoms with E-state index in [2.05, 4.69) is 42.2 Å². The molecule has 0 unspecified atom stereocenters. The summed E-state index contributed by atoms with van der Waals surface area (Å²) in [6.45, 7) is 0. The van der Waals surface area contributed by atoms with Crippen LogP contribution in [0.4, 0.5) is 0 Å². The summed E-state index contributed by atoms with van der Waals surface area (Å²) in [7, 11) is 0. The Balaban J connectivity index is 1.83. The highest BCUT2D eigenvalue weighted by Crippen LogP contribution is 2.20. The summed E-state index contributed by atoms with van der Waals surface area (Å²) >= 11 is 4.69. The van der Waals surface area contributed by atoms with Crippen molar-refractivity contribution in [3.05, 3.63) is 70.3 Å². The summed E-state index contributed by atoms with van der Waals surface area (Å²) in [5, 5.41) is 29.4. The molecule has 280 valence electrons. The van der Waals surface area contributed by atoms with Crippen LogP contribution in [0.2, 0.25) is 0 Å². The molecule has 11 N–H and O–H groups in total. The highest BCUT2D eigenvalue weighted by Gasteiger charge is 2.33. The number of nitrogens with two attached hydrogens (primary N) is 2. The van der Waals surface area contributed by atoms with Gasteiger partial charge in [-0.15, -0.1) is 0 Å². The van der Waals surface area contributed by atoms with Crippen molar-refractivity contribution in [3.8, 4) is 0 Å². The molecule has 0 aliphatic heterocycles. The van der Waals surface area contributed by atoms with Crippen molar-refractivity contribution in [3.63, 3.8) is 0 Å². The second-order valence-electron chi connectivity index (χ2n) is 12.0. The van der Waals surface area contributed by atoms with Crippen molar-refractivity contribution in [2.75, 3.05) is 12.0 Å². The highest BCUT2D eigenvalue weighted by molar-refractivity contribution is 9.10. The Morgan fingerprint density at radius 3 is 2.08 bits per heavy atom. The van der Waals surface area contributed by atoms with Gasteiger partial charge in [-0.3, -0.25) is 33.6 Å². The van der Waals surface area contributed by atoms with Gasteiger partial charge in [0.25, 0.3) is 0 Å². The molecule has 1 heterocycles. The lowest BCUT2D eigenvalue weighted by molar-refractivity contribution is -0.141. The quantitative estimate of drug-likeness (QED) is 0.0718. The maximum Gasteiger partial charge on any atom is 0.305 e. The fraction of sp³-hybridized carbons (Fsp3) is 0.382. The largest absolute Gasteiger partial charge is 0.481 e. The van der Waals surface area contributed by atoms with Crippen LogP contribution < -0.4 is 32.7 Å². The van der Waals surface area contributed by atoms with Crippen LogP contribution in [-0.4, -0.2) is 98.9 Å². The smallest absolute Gasteiger partial charge is 0.305 e. The Labute approximate surface area is 311 Å². The Kier molecular flexibility index (Phi) is 16.1. The van der Waals surface area contributed by atoms with Crippen LogP contribution >= 0.6 is 27.7 Å². The van der Waals surface area contributed by atoms with Gasteiger partial charge < -0.3 is 47.9 Å². The molecular formula is C34H42BrN7O9S. The fourth-order valence-corrected chi connectivity index (χ4v) is 6.16. The molecule has 18 heteroatoms. The van der Waals surface area contributed by atoms with Gasteiger partial charge in [0, 0.05) is 40.8 Å². The number of benzene rings is 2. The number of amides is 5. The lowest BCUT2D eigenvalue weighted by Crippen LogP contribution is -2.59. The summed E-state index contributed by atoms with van der Waals surface area (Å²) in [5.74, 6) is -6.53. The van der Waals surface area contributed by atoms with Crippen molar-refractivity contribution in [1.29, 1.82) is 0 Å². The van der Waals surface area contributed by atoms with Crippen LogP contribution in [0.15, 0.2) is 59.2 Å². The van der Waals surface area contributed by atoms with E-state index < -0.39 is 78.1 Å². The minimum absolute atomic E-state index is 0.00976. The minimum Gasteiger partial charge on any atom is -0.481 e. The Morgan fingerprint density at radius 1 is 0.788 bits per heavy atom. The van der Waals surface area contributed by atoms with Gasteiger partial charge in [-0.2, -0.15) is 11.8 Å². The third-order valence-electron chi connectivity index (χ3n) is 7.98. The standard InChI is InChI=1S/C34H42BrN7O9S/c1-52-12-11-24(32(49)42-27(16-29(45)46)34(51)40-25(30(37)47)14-18-5-4-6-20(35)13-18)39-33(50)26(41-31(48)22(36)9-10-28(43)44)15-19-17-38-23-8-3-2-7-21(19)23/h2-8,13,17,22,24-27,38H,9-12,14-16,36H2,1H3,(H2,37,47)(H,39,50)(H,40,51)(H,41,48)(H,42,49)(H,43,44)(H,45,46)/t22-,24-,25-,26+,27-/m0/s1. The number of hydrogen-bond acceptors (Lipinski definition) is 9. The maximum atomic E-state index is 13.8. The number of thioether (sulfide) groups is 1. The van der Waals surface area contributed by atoms with Gasteiger partial charge in [0.2, 0.25) is 29.5 Å². The summed E-state index contributed by atoms with van der Waals surface area (Å²) in [6, 6.07) is 7.47. The van der Waals surface area contributed by atoms with Crippen LogP contribution in [0.25, 0.3) is 10.9 Å². The second kappa shape index (κ2) is 20.2. The van der Waals surface area contributed by atoms with Crippen molar-refractivity contribution in [2.24, 2.45) is 11.5 Å². The molecule has 2 aromatic carbocycles. The number of primary amides is 1. The molecule has 3 rings (SSSR count). The molecule has 0 saturated heterocycles. The number of carbonyl (C=O) groups excluding carboxylic acids is 5. The first kappa shape index (κ1) is 41.5. The fourth-order valence-electron chi connectivity index (χ4n) is 5.25. The van der Waals surface area contributed by atoms with Gasteiger partial charge in [-0.25, -0.2) is 0 Å². The molecule has 0 aliphatic carbocycles. The number of fused-ring (bicyclic) bond motifs is 1. The number of aromatic amines is 1. The van der Waals surface area contributed by atoms with Crippen molar-refractivity contribution in [1.82, 2.24) is 26.3 Å². The Bertz CT molecular complexity index is 1770. The normalized spacial score (nSPS) is 13.9. The van der Waals surface area contributed by atoms with Gasteiger partial charge in [0.1, 0.15) is 24.2 Å². The number of carboxylic acids is 2. The molecule has 5 atom stereocenters. The monoisotopic (exact) mass is 803 g/mol. The molecular weight excluding hydrogens is 762 g/mol. The zero-order valence-corrected chi connectivity index (χ0v) is 30.6. The molecule has 1 aromatic heterocycles. The van der Waals surface area contributed by atoms with Gasteiger partial charge >= 0.3 is 11.9 Å². The summed E-state index contributed by atoms with van der Waals surface area (Å²) in [6.07, 6.45) is 2.03. The zero-order chi connectivity index (χ0) is 38.4. The summed E-state index contributed by atoms with van der Waals surface area (Å²) < 4.78 is 0.721. The van der Waals surface area contributed by atoms with E-state index in [1.165, 1.54) is 11.8 Å². The number of carbonyl (C=O) groups is 7. The molecule has 0 saturated carbocycles. The van der Waals surface area contributed by atoms with Crippen molar-refractivity contribution in [2.45, 2.75) is 68.7 Å². The zero-order valence-electron chi connectivity index (χ0n) is 28.2. The van der Waals surface area contributed by atoms with E-state index in [-0.39, 0.29) is 32.1 Å². The van der Waals surface area contributed by atoms with Crippen LogP contribution in [-0.2, 0) is 46.4 Å². The molecule has 0 spiro atoms. The summed E-state index contributed by atoms with van der Waals surface area (Å²) in [4.78, 5) is 92.0. The highest BCUT2D eigenvalue weighted by atomic mass is 79.9. The van der Waals surface area contributed by atoms with E-state index in [4.69, 9.17) is 16.6 Å². The lowest BCUT2D eigenvalue weighted by Gasteiger charge is -2.26. The van der Waals surface area contributed by atoms with E-state index in [9.17, 15) is 38.7 Å². The number of hydrogen-bond donors (Lipinski definition) is 9. The van der Waals surface area contributed by atoms with Crippen molar-refractivity contribution < 1.29 is 43.8 Å². The molecule has 52 heavy (non-hydrogen) atoms. The van der Waals surface area contributed by atoms with Crippen LogP contribution in [0.5, 0.6) is 0 Å². The number of nitrogens with one attached hydrogen (secondary N) is 5. The Hall–Kier alpha value is -4.94. The molecule has 5 amide bonds. The number of para-hydroxylation sites is 1. The van der Waals surface area contributed by atoms with E-state index in [0.717, 1.165) is 15.4 Å². The van der Waals surface area contributed by atoms with E-state index >= 15 is 0 Å². The maximum absolute atomic E-state index is 13.8. The van der Waals surface area contributed by atoms with Gasteiger partial charge in [-0.1, -0.05) is 46.3 Å². The SMILES string of the molecule is CSCC[C@H](NC(=O)[C@@H](Cc1c[nH]c2ccccc12)NC(=O)[C@@H](N)CCC(=O)O)C(=O)N[C@@H](CC(=O)O)C(=O)N[C@@H](Cc1cccc(Br)c1)C(N)=O. The first-order valence-electron chi connectivity index (χ1n) is 16.2. The topological polar surface area (TPSA) is 276 Å². The average molecular weight is 805 g/mol. The molecule has 0 fully saturated rings. The van der Waals surface area contributed by atoms with Crippen molar-refractivity contribution >= 4 is 80.1 Å². The first-order chi connectivity index (χ1) is 24.7. The van der Waals surface area contributed by atoms with Gasteiger partial charge in [0.15, 0.2) is 0 Å². The number of halogens is 1. The predicted octanol–water partition coefficient (Wildman–Crippen LogP) is 0.560. The van der Waals surface area contributed by atoms with Crippen LogP contribution in [0, 0.1) is 0 Å². The first-order valence-corrected chi connectivity index (χ1v) is 18.4. The van der Waals surface area contributed by atoms with Crippen LogP contribution in [0.1, 0.15) is 36.8 Å². The Morgan fingerprint density at radius 2 is 1.42 bits per heavy atom. The average Bonchev–Trinajstić information content (AvgIpc) is 3.50. The minimum atomic E-state index is -1.66. The van der Waals surface area contributed by atoms with E-state index in [1.807, 2.05) is 18.2 Å². The van der Waals surface area contributed by atoms with Gasteiger partial charge in [-0.05, 0) is 54.2 Å². The molecule has 0 aliphatic rings. The second-order valence-corrected chi connectivity index (χ2v) is 13.9. The third kappa shape index (κ3) is 13.0. The third-order valence-corrected chi connectivity index (χ3v) is 9.12. The predicted molar refractivity (Wildman–Crippen MR) is 197 cm³/mol. The number of rotatable bonds is 21. The number of aliphatic carboxylic acids is 2. The molecule has 3 aromatic rings. The molecule has 0 radical (unpaired) electrons. The molecule has 0 bridgehead atoms. The van der Waals surface area contributed by atoms with Crippen LogP contribution in [0.3, 0.4) is 0 Å². The lowest BCUT2D eigenvalue weighted by atomic mass is 10.0. The number of H-pyrrole nitrogens is 1. The molecule has 16 nitrogen and oxygen atoms in total. The number of aromatic nitrogens is 1. The number of carboxylic acid groups (broad SMARTS) is 2. The van der Waals surface area contributed by atoms with Gasteiger partial charge in [0.05, 0.1) is 12.5 Å². The summed E-state index contributed by atoms with van der Waals surface area (Å²) in [5.41, 5.74) is 13.5. The van der Waals surface area contributed by atoms with E-state index in [0.29, 0.717) is 16.9 Å². The van der Waals surface area contributed by atoms with E-state index in [1.54, 1.807) is 42.8 Å².